The summed E-state index contributed by atoms with van der Waals surface area (Å²) in [5.74, 6) is 0.709. The highest BCUT2D eigenvalue weighted by Crippen LogP contribution is 2.11. The molecule has 2 heterocycles. The first-order valence-electron chi connectivity index (χ1n) is 5.71. The topological polar surface area (TPSA) is 49.9 Å². The van der Waals surface area contributed by atoms with Gasteiger partial charge >= 0.3 is 0 Å². The van der Waals surface area contributed by atoms with Crippen LogP contribution >= 0.6 is 0 Å². The van der Waals surface area contributed by atoms with Crippen LogP contribution in [0.25, 0.3) is 0 Å². The molecule has 0 bridgehead atoms. The van der Waals surface area contributed by atoms with E-state index in [9.17, 15) is 0 Å². The van der Waals surface area contributed by atoms with E-state index in [1.165, 1.54) is 18.5 Å². The van der Waals surface area contributed by atoms with Crippen LogP contribution in [0.15, 0.2) is 12.5 Å². The zero-order valence-corrected chi connectivity index (χ0v) is 9.04. The average Bonchev–Trinajstić information content (AvgIpc) is 2.79. The SMILES string of the molecule is c1ncc(CCNCC2CCCOC2)[nH]1. The van der Waals surface area contributed by atoms with Crippen molar-refractivity contribution in [3.8, 4) is 0 Å². The molecule has 4 heteroatoms. The molecule has 0 radical (unpaired) electrons. The third-order valence-corrected chi connectivity index (χ3v) is 2.81. The number of aromatic amines is 1. The zero-order chi connectivity index (χ0) is 10.3. The van der Waals surface area contributed by atoms with Crippen molar-refractivity contribution < 1.29 is 4.74 Å². The molecule has 0 aromatic carbocycles. The lowest BCUT2D eigenvalue weighted by atomic mass is 10.0. The van der Waals surface area contributed by atoms with Crippen molar-refractivity contribution in [2.24, 2.45) is 5.92 Å². The van der Waals surface area contributed by atoms with Crippen LogP contribution in [-0.4, -0.2) is 36.3 Å². The highest BCUT2D eigenvalue weighted by Gasteiger charge is 2.12. The minimum atomic E-state index is 0.709. The highest BCUT2D eigenvalue weighted by atomic mass is 16.5. The molecule has 1 aliphatic heterocycles. The van der Waals surface area contributed by atoms with Gasteiger partial charge in [-0.15, -0.1) is 0 Å². The zero-order valence-electron chi connectivity index (χ0n) is 9.04. The van der Waals surface area contributed by atoms with Gasteiger partial charge < -0.3 is 15.0 Å². The Labute approximate surface area is 90.4 Å². The van der Waals surface area contributed by atoms with Gasteiger partial charge in [-0.25, -0.2) is 4.98 Å². The van der Waals surface area contributed by atoms with Gasteiger partial charge in [0.2, 0.25) is 0 Å². The maximum Gasteiger partial charge on any atom is 0.0921 e. The van der Waals surface area contributed by atoms with Gasteiger partial charge in [-0.05, 0) is 18.8 Å². The summed E-state index contributed by atoms with van der Waals surface area (Å²) >= 11 is 0. The molecule has 1 saturated heterocycles. The summed E-state index contributed by atoms with van der Waals surface area (Å²) in [5, 5.41) is 3.47. The molecule has 1 atom stereocenters. The molecular formula is C11H19N3O. The predicted molar refractivity (Wildman–Crippen MR) is 58.7 cm³/mol. The van der Waals surface area contributed by atoms with Crippen LogP contribution in [0.5, 0.6) is 0 Å². The fourth-order valence-corrected chi connectivity index (χ4v) is 1.92. The van der Waals surface area contributed by atoms with E-state index in [1.54, 1.807) is 6.33 Å². The summed E-state index contributed by atoms with van der Waals surface area (Å²) in [6, 6.07) is 0. The van der Waals surface area contributed by atoms with Crippen molar-refractivity contribution in [2.45, 2.75) is 19.3 Å². The molecule has 1 fully saturated rings. The van der Waals surface area contributed by atoms with Crippen LogP contribution in [0.2, 0.25) is 0 Å². The fraction of sp³-hybridized carbons (Fsp3) is 0.727. The van der Waals surface area contributed by atoms with E-state index in [2.05, 4.69) is 15.3 Å². The first kappa shape index (κ1) is 10.6. The molecule has 1 aromatic rings. The summed E-state index contributed by atoms with van der Waals surface area (Å²) < 4.78 is 5.43. The first-order valence-corrected chi connectivity index (χ1v) is 5.71. The van der Waals surface area contributed by atoms with Crippen molar-refractivity contribution in [3.63, 3.8) is 0 Å². The minimum Gasteiger partial charge on any atom is -0.381 e. The quantitative estimate of drug-likeness (QED) is 0.710. The van der Waals surface area contributed by atoms with Gasteiger partial charge in [-0.2, -0.15) is 0 Å². The molecule has 84 valence electrons. The molecule has 0 saturated carbocycles. The van der Waals surface area contributed by atoms with Gasteiger partial charge in [0.1, 0.15) is 0 Å². The monoisotopic (exact) mass is 209 g/mol. The lowest BCUT2D eigenvalue weighted by Crippen LogP contribution is -2.30. The Morgan fingerprint density at radius 1 is 1.60 bits per heavy atom. The summed E-state index contributed by atoms with van der Waals surface area (Å²) in [5.41, 5.74) is 1.20. The van der Waals surface area contributed by atoms with E-state index in [0.717, 1.165) is 32.7 Å². The minimum absolute atomic E-state index is 0.709. The van der Waals surface area contributed by atoms with Gasteiger partial charge in [-0.1, -0.05) is 0 Å². The van der Waals surface area contributed by atoms with Crippen molar-refractivity contribution in [3.05, 3.63) is 18.2 Å². The third kappa shape index (κ3) is 3.64. The van der Waals surface area contributed by atoms with Crippen LogP contribution in [0.1, 0.15) is 18.5 Å². The Hall–Kier alpha value is -0.870. The van der Waals surface area contributed by atoms with Crippen LogP contribution in [0, 0.1) is 5.92 Å². The number of aromatic nitrogens is 2. The fourth-order valence-electron chi connectivity index (χ4n) is 1.92. The lowest BCUT2D eigenvalue weighted by molar-refractivity contribution is 0.0549. The standard InChI is InChI=1S/C11H19N3O/c1-2-10(8-15-5-1)6-12-4-3-11-7-13-9-14-11/h7,9-10,12H,1-6,8H2,(H,13,14). The van der Waals surface area contributed by atoms with Gasteiger partial charge in [0.15, 0.2) is 0 Å². The molecule has 2 rings (SSSR count). The number of rotatable bonds is 5. The Balaban J connectivity index is 1.54. The summed E-state index contributed by atoms with van der Waals surface area (Å²) in [7, 11) is 0. The van der Waals surface area contributed by atoms with Gasteiger partial charge in [0, 0.05) is 38.0 Å². The Bertz CT molecular complexity index is 255. The van der Waals surface area contributed by atoms with Crippen LogP contribution < -0.4 is 5.32 Å². The van der Waals surface area contributed by atoms with Gasteiger partial charge in [-0.3, -0.25) is 0 Å². The predicted octanol–water partition coefficient (Wildman–Crippen LogP) is 0.968. The molecule has 1 aliphatic rings. The van der Waals surface area contributed by atoms with Crippen molar-refractivity contribution >= 4 is 0 Å². The maximum atomic E-state index is 5.43. The molecule has 1 aromatic heterocycles. The highest BCUT2D eigenvalue weighted by molar-refractivity contribution is 4.94. The van der Waals surface area contributed by atoms with Crippen molar-refractivity contribution in [1.29, 1.82) is 0 Å². The van der Waals surface area contributed by atoms with Crippen LogP contribution in [0.3, 0.4) is 0 Å². The average molecular weight is 209 g/mol. The number of H-pyrrole nitrogens is 1. The van der Waals surface area contributed by atoms with E-state index in [1.807, 2.05) is 6.20 Å². The van der Waals surface area contributed by atoms with E-state index < -0.39 is 0 Å². The van der Waals surface area contributed by atoms with E-state index in [0.29, 0.717) is 5.92 Å². The second-order valence-corrected chi connectivity index (χ2v) is 4.11. The largest absolute Gasteiger partial charge is 0.381 e. The first-order chi connectivity index (χ1) is 7.45. The van der Waals surface area contributed by atoms with Crippen LogP contribution in [-0.2, 0) is 11.2 Å². The third-order valence-electron chi connectivity index (χ3n) is 2.81. The molecule has 0 spiro atoms. The van der Waals surface area contributed by atoms with E-state index in [4.69, 9.17) is 4.74 Å². The van der Waals surface area contributed by atoms with Gasteiger partial charge in [0.05, 0.1) is 12.9 Å². The maximum absolute atomic E-state index is 5.43. The van der Waals surface area contributed by atoms with E-state index in [-0.39, 0.29) is 0 Å². The number of ether oxygens (including phenoxy) is 1. The molecule has 0 aliphatic carbocycles. The number of hydrogen-bond donors (Lipinski definition) is 2. The number of nitrogens with zero attached hydrogens (tertiary/aromatic N) is 1. The summed E-state index contributed by atoms with van der Waals surface area (Å²) in [6.45, 7) is 3.97. The molecule has 0 amide bonds. The molecule has 1 unspecified atom stereocenters. The summed E-state index contributed by atoms with van der Waals surface area (Å²) in [6.07, 6.45) is 7.15. The molecule has 4 nitrogen and oxygen atoms in total. The molecule has 15 heavy (non-hydrogen) atoms. The Kier molecular flexibility index (Phi) is 4.17. The Morgan fingerprint density at radius 2 is 2.60 bits per heavy atom. The Morgan fingerprint density at radius 3 is 3.33 bits per heavy atom. The normalized spacial score (nSPS) is 21.7. The second kappa shape index (κ2) is 5.88. The van der Waals surface area contributed by atoms with E-state index >= 15 is 0 Å². The van der Waals surface area contributed by atoms with Crippen LogP contribution in [0.4, 0.5) is 0 Å². The van der Waals surface area contributed by atoms with Crippen molar-refractivity contribution in [1.82, 2.24) is 15.3 Å². The number of imidazole rings is 1. The lowest BCUT2D eigenvalue weighted by Gasteiger charge is -2.22. The smallest absolute Gasteiger partial charge is 0.0921 e. The number of nitrogens with one attached hydrogen (secondary N) is 2. The van der Waals surface area contributed by atoms with Crippen molar-refractivity contribution in [2.75, 3.05) is 26.3 Å². The molecular weight excluding hydrogens is 190 g/mol. The van der Waals surface area contributed by atoms with Gasteiger partial charge in [0.25, 0.3) is 0 Å². The molecule has 2 N–H and O–H groups in total. The second-order valence-electron chi connectivity index (χ2n) is 4.11. The number of hydrogen-bond acceptors (Lipinski definition) is 3. The summed E-state index contributed by atoms with van der Waals surface area (Å²) in [4.78, 5) is 7.09.